The molecule has 0 amide bonds. The number of imidazole rings is 1. The quantitative estimate of drug-likeness (QED) is 0.536. The second-order valence-electron chi connectivity index (χ2n) is 5.75. The van der Waals surface area contributed by atoms with E-state index in [1.807, 2.05) is 35.0 Å². The summed E-state index contributed by atoms with van der Waals surface area (Å²) in [4.78, 5) is 8.79. The fraction of sp³-hybridized carbons (Fsp3) is 0.263. The van der Waals surface area contributed by atoms with Gasteiger partial charge in [-0.2, -0.15) is 0 Å². The molecule has 0 atom stereocenters. The number of pyridine rings is 1. The predicted molar refractivity (Wildman–Crippen MR) is 98.4 cm³/mol. The molecule has 130 valence electrons. The third-order valence-corrected chi connectivity index (χ3v) is 3.93. The highest BCUT2D eigenvalue weighted by Crippen LogP contribution is 2.05. The van der Waals surface area contributed by atoms with Crippen LogP contribution in [0.5, 0.6) is 0 Å². The highest BCUT2D eigenvalue weighted by Gasteiger charge is 2.02. The van der Waals surface area contributed by atoms with E-state index in [-0.39, 0.29) is 5.82 Å². The number of rotatable bonds is 6. The molecule has 0 aliphatic rings. The zero-order valence-electron chi connectivity index (χ0n) is 14.2. The third kappa shape index (κ3) is 4.79. The number of nitrogens with zero attached hydrogens (tertiary/aromatic N) is 3. The topological polar surface area (TPSA) is 53.7 Å². The highest BCUT2D eigenvalue weighted by atomic mass is 19.1. The SMILES string of the molecule is CN=C(NCCc1ccc(F)cc1)NCCc1cn2ccccc2n1. The molecule has 0 aliphatic heterocycles. The van der Waals surface area contributed by atoms with Gasteiger partial charge in [0.15, 0.2) is 5.96 Å². The van der Waals surface area contributed by atoms with Gasteiger partial charge >= 0.3 is 0 Å². The number of aromatic nitrogens is 2. The van der Waals surface area contributed by atoms with Gasteiger partial charge in [0.2, 0.25) is 0 Å². The van der Waals surface area contributed by atoms with Crippen molar-refractivity contribution in [2.24, 2.45) is 4.99 Å². The summed E-state index contributed by atoms with van der Waals surface area (Å²) in [6.45, 7) is 1.49. The lowest BCUT2D eigenvalue weighted by molar-refractivity contribution is 0.626. The van der Waals surface area contributed by atoms with E-state index in [1.54, 1.807) is 19.2 Å². The first kappa shape index (κ1) is 17.0. The number of halogens is 1. The predicted octanol–water partition coefficient (Wildman–Crippen LogP) is 2.42. The highest BCUT2D eigenvalue weighted by molar-refractivity contribution is 5.79. The van der Waals surface area contributed by atoms with Gasteiger partial charge in [0.05, 0.1) is 5.69 Å². The molecule has 0 bridgehead atoms. The van der Waals surface area contributed by atoms with Crippen LogP contribution in [0.25, 0.3) is 5.65 Å². The molecule has 0 radical (unpaired) electrons. The van der Waals surface area contributed by atoms with Crippen molar-refractivity contribution in [2.45, 2.75) is 12.8 Å². The summed E-state index contributed by atoms with van der Waals surface area (Å²) < 4.78 is 14.9. The van der Waals surface area contributed by atoms with Gasteiger partial charge in [-0.25, -0.2) is 9.37 Å². The zero-order valence-corrected chi connectivity index (χ0v) is 14.2. The average molecular weight is 339 g/mol. The fourth-order valence-electron chi connectivity index (χ4n) is 2.61. The number of guanidine groups is 1. The van der Waals surface area contributed by atoms with Crippen LogP contribution in [0.1, 0.15) is 11.3 Å². The van der Waals surface area contributed by atoms with Gasteiger partial charge in [0, 0.05) is 39.0 Å². The smallest absolute Gasteiger partial charge is 0.190 e. The Kier molecular flexibility index (Phi) is 5.61. The molecule has 0 saturated carbocycles. The summed E-state index contributed by atoms with van der Waals surface area (Å²) in [5, 5.41) is 6.55. The van der Waals surface area contributed by atoms with Crippen LogP contribution >= 0.6 is 0 Å². The van der Waals surface area contributed by atoms with Gasteiger partial charge in [-0.15, -0.1) is 0 Å². The van der Waals surface area contributed by atoms with Crippen LogP contribution in [-0.2, 0) is 12.8 Å². The Labute approximate surface area is 146 Å². The molecule has 6 heteroatoms. The molecule has 0 saturated heterocycles. The summed E-state index contributed by atoms with van der Waals surface area (Å²) in [5.74, 6) is 0.548. The summed E-state index contributed by atoms with van der Waals surface area (Å²) in [5.41, 5.74) is 3.09. The van der Waals surface area contributed by atoms with Gasteiger partial charge < -0.3 is 15.0 Å². The Morgan fingerprint density at radius 1 is 1.08 bits per heavy atom. The Bertz CT molecular complexity index is 805. The number of hydrogen-bond acceptors (Lipinski definition) is 2. The molecule has 0 unspecified atom stereocenters. The summed E-state index contributed by atoms with van der Waals surface area (Å²) in [7, 11) is 1.75. The third-order valence-electron chi connectivity index (χ3n) is 3.93. The van der Waals surface area contributed by atoms with Crippen molar-refractivity contribution in [1.29, 1.82) is 0 Å². The van der Waals surface area contributed by atoms with E-state index in [1.165, 1.54) is 12.1 Å². The van der Waals surface area contributed by atoms with Crippen molar-refractivity contribution >= 4 is 11.6 Å². The van der Waals surface area contributed by atoms with Crippen molar-refractivity contribution in [1.82, 2.24) is 20.0 Å². The standard InChI is InChI=1S/C19H22FN5/c1-21-19(22-11-9-15-5-7-16(20)8-6-15)23-12-10-17-14-25-13-3-2-4-18(25)24-17/h2-8,13-14H,9-12H2,1H3,(H2,21,22,23). The summed E-state index contributed by atoms with van der Waals surface area (Å²) >= 11 is 0. The minimum atomic E-state index is -0.207. The summed E-state index contributed by atoms with van der Waals surface area (Å²) in [6.07, 6.45) is 5.67. The van der Waals surface area contributed by atoms with E-state index in [0.717, 1.165) is 48.8 Å². The molecule has 2 aromatic heterocycles. The first-order valence-electron chi connectivity index (χ1n) is 8.36. The van der Waals surface area contributed by atoms with E-state index < -0.39 is 0 Å². The second-order valence-corrected chi connectivity index (χ2v) is 5.75. The van der Waals surface area contributed by atoms with Crippen LogP contribution < -0.4 is 10.6 Å². The minimum Gasteiger partial charge on any atom is -0.356 e. The maximum atomic E-state index is 12.9. The zero-order chi connectivity index (χ0) is 17.5. The lowest BCUT2D eigenvalue weighted by Crippen LogP contribution is -2.39. The van der Waals surface area contributed by atoms with Gasteiger partial charge in [-0.3, -0.25) is 4.99 Å². The van der Waals surface area contributed by atoms with Crippen LogP contribution in [0.15, 0.2) is 59.9 Å². The largest absolute Gasteiger partial charge is 0.356 e. The fourth-order valence-corrected chi connectivity index (χ4v) is 2.61. The molecule has 25 heavy (non-hydrogen) atoms. The van der Waals surface area contributed by atoms with Crippen molar-refractivity contribution in [3.05, 3.63) is 71.9 Å². The summed E-state index contributed by atoms with van der Waals surface area (Å²) in [6, 6.07) is 12.5. The molecule has 0 aliphatic carbocycles. The van der Waals surface area contributed by atoms with Crippen molar-refractivity contribution < 1.29 is 4.39 Å². The second kappa shape index (κ2) is 8.28. The molecule has 3 rings (SSSR count). The van der Waals surface area contributed by atoms with Crippen molar-refractivity contribution in [3.8, 4) is 0 Å². The number of benzene rings is 1. The lowest BCUT2D eigenvalue weighted by atomic mass is 10.1. The number of nitrogens with one attached hydrogen (secondary N) is 2. The lowest BCUT2D eigenvalue weighted by Gasteiger charge is -2.11. The molecule has 5 nitrogen and oxygen atoms in total. The first-order chi connectivity index (χ1) is 12.2. The van der Waals surface area contributed by atoms with E-state index in [9.17, 15) is 4.39 Å². The van der Waals surface area contributed by atoms with Crippen LogP contribution in [0.4, 0.5) is 4.39 Å². The van der Waals surface area contributed by atoms with Crippen molar-refractivity contribution in [3.63, 3.8) is 0 Å². The van der Waals surface area contributed by atoms with Gasteiger partial charge in [-0.05, 0) is 36.2 Å². The molecular weight excluding hydrogens is 317 g/mol. The number of aliphatic imine (C=N–C) groups is 1. The number of hydrogen-bond donors (Lipinski definition) is 2. The molecule has 2 N–H and O–H groups in total. The first-order valence-corrected chi connectivity index (χ1v) is 8.36. The maximum Gasteiger partial charge on any atom is 0.190 e. The van der Waals surface area contributed by atoms with E-state index >= 15 is 0 Å². The molecule has 0 fully saturated rings. The Morgan fingerprint density at radius 3 is 2.56 bits per heavy atom. The maximum absolute atomic E-state index is 12.9. The van der Waals surface area contributed by atoms with Crippen molar-refractivity contribution in [2.75, 3.05) is 20.1 Å². The Morgan fingerprint density at radius 2 is 1.84 bits per heavy atom. The van der Waals surface area contributed by atoms with Crippen LogP contribution in [0.3, 0.4) is 0 Å². The van der Waals surface area contributed by atoms with E-state index in [2.05, 4.69) is 20.6 Å². The van der Waals surface area contributed by atoms with Gasteiger partial charge in [0.1, 0.15) is 11.5 Å². The normalized spacial score (nSPS) is 11.7. The molecule has 2 heterocycles. The van der Waals surface area contributed by atoms with E-state index in [4.69, 9.17) is 0 Å². The van der Waals surface area contributed by atoms with E-state index in [0.29, 0.717) is 0 Å². The molecular formula is C19H22FN5. The molecule has 0 spiro atoms. The van der Waals surface area contributed by atoms with Crippen LogP contribution in [0.2, 0.25) is 0 Å². The molecule has 1 aromatic carbocycles. The average Bonchev–Trinajstić information content (AvgIpc) is 3.05. The minimum absolute atomic E-state index is 0.207. The number of fused-ring (bicyclic) bond motifs is 1. The Balaban J connectivity index is 1.42. The monoisotopic (exact) mass is 339 g/mol. The van der Waals surface area contributed by atoms with Gasteiger partial charge in [-0.1, -0.05) is 18.2 Å². The molecule has 3 aromatic rings. The van der Waals surface area contributed by atoms with Crippen LogP contribution in [0, 0.1) is 5.82 Å². The Hall–Kier alpha value is -2.89. The van der Waals surface area contributed by atoms with Crippen LogP contribution in [-0.4, -0.2) is 35.5 Å². The van der Waals surface area contributed by atoms with Gasteiger partial charge in [0.25, 0.3) is 0 Å².